The molecule has 1 heterocycles. The fourth-order valence-corrected chi connectivity index (χ4v) is 3.13. The van der Waals surface area contributed by atoms with Crippen molar-refractivity contribution < 1.29 is 5.21 Å². The summed E-state index contributed by atoms with van der Waals surface area (Å²) >= 11 is 11.0. The minimum Gasteiger partial charge on any atom is -0.409 e. The van der Waals surface area contributed by atoms with Crippen LogP contribution in [0.3, 0.4) is 0 Å². The van der Waals surface area contributed by atoms with E-state index >= 15 is 0 Å². The van der Waals surface area contributed by atoms with Gasteiger partial charge in [-0.25, -0.2) is 4.98 Å². The zero-order valence-electron chi connectivity index (χ0n) is 9.55. The molecule has 3 N–H and O–H groups in total. The number of hydrogen-bond donors (Lipinski definition) is 2. The van der Waals surface area contributed by atoms with E-state index in [1.54, 1.807) is 12.3 Å². The Bertz CT molecular complexity index is 636. The smallest absolute Gasteiger partial charge is 0.171 e. The molecule has 0 bridgehead atoms. The second kappa shape index (κ2) is 6.27. The summed E-state index contributed by atoms with van der Waals surface area (Å²) in [4.78, 5) is 5.19. The first-order valence-electron chi connectivity index (χ1n) is 5.17. The second-order valence-corrected chi connectivity index (χ2v) is 5.88. The molecule has 0 fully saturated rings. The summed E-state index contributed by atoms with van der Waals surface area (Å²) in [7, 11) is 0. The highest BCUT2D eigenvalue weighted by molar-refractivity contribution is 9.10. The van der Waals surface area contributed by atoms with Crippen LogP contribution >= 0.6 is 39.3 Å². The number of nitrogens with zero attached hydrogens (tertiary/aromatic N) is 2. The van der Waals surface area contributed by atoms with Crippen molar-refractivity contribution in [3.8, 4) is 0 Å². The summed E-state index contributed by atoms with van der Waals surface area (Å²) in [5.74, 6) is -0.0384. The van der Waals surface area contributed by atoms with E-state index in [1.165, 1.54) is 11.8 Å². The zero-order valence-corrected chi connectivity index (χ0v) is 12.7. The first-order valence-corrected chi connectivity index (χ1v) is 7.16. The quantitative estimate of drug-likeness (QED) is 0.379. The van der Waals surface area contributed by atoms with Crippen molar-refractivity contribution in [2.75, 3.05) is 0 Å². The van der Waals surface area contributed by atoms with Gasteiger partial charge in [-0.3, -0.25) is 0 Å². The summed E-state index contributed by atoms with van der Waals surface area (Å²) in [6.45, 7) is 0. The first kappa shape index (κ1) is 14.2. The molecule has 7 heteroatoms. The summed E-state index contributed by atoms with van der Waals surface area (Å²) in [5, 5.41) is 12.6. The van der Waals surface area contributed by atoms with Crippen molar-refractivity contribution in [3.05, 3.63) is 51.6 Å². The Morgan fingerprint density at radius 1 is 1.42 bits per heavy atom. The Labute approximate surface area is 127 Å². The van der Waals surface area contributed by atoms with E-state index in [9.17, 15) is 0 Å². The van der Waals surface area contributed by atoms with E-state index in [1.807, 2.05) is 24.3 Å². The van der Waals surface area contributed by atoms with Crippen LogP contribution in [0.25, 0.3) is 0 Å². The number of halogens is 2. The summed E-state index contributed by atoms with van der Waals surface area (Å²) < 4.78 is 0.973. The minimum absolute atomic E-state index is 0.0384. The van der Waals surface area contributed by atoms with Crippen LogP contribution in [0.4, 0.5) is 0 Å². The average molecular weight is 359 g/mol. The lowest BCUT2D eigenvalue weighted by molar-refractivity contribution is 0.318. The molecular formula is C12H9BrClN3OS. The van der Waals surface area contributed by atoms with E-state index in [0.29, 0.717) is 15.6 Å². The van der Waals surface area contributed by atoms with Crippen molar-refractivity contribution in [1.29, 1.82) is 0 Å². The third-order valence-electron chi connectivity index (χ3n) is 2.25. The molecule has 0 saturated heterocycles. The molecule has 0 aliphatic heterocycles. The van der Waals surface area contributed by atoms with Gasteiger partial charge in [0.05, 0.1) is 5.02 Å². The largest absolute Gasteiger partial charge is 0.409 e. The molecule has 2 rings (SSSR count). The molecule has 19 heavy (non-hydrogen) atoms. The maximum atomic E-state index is 8.70. The normalized spacial score (nSPS) is 11.6. The second-order valence-electron chi connectivity index (χ2n) is 3.52. The van der Waals surface area contributed by atoms with Crippen molar-refractivity contribution in [2.45, 2.75) is 9.92 Å². The fourth-order valence-electron chi connectivity index (χ4n) is 1.39. The number of aromatic nitrogens is 1. The molecule has 0 aliphatic carbocycles. The van der Waals surface area contributed by atoms with Gasteiger partial charge in [-0.1, -0.05) is 50.5 Å². The van der Waals surface area contributed by atoms with Crippen LogP contribution in [-0.4, -0.2) is 16.0 Å². The fraction of sp³-hybridized carbons (Fsp3) is 0. The molecule has 0 aliphatic rings. The topological polar surface area (TPSA) is 71.5 Å². The predicted octanol–water partition coefficient (Wildman–Crippen LogP) is 3.74. The summed E-state index contributed by atoms with van der Waals surface area (Å²) in [5.41, 5.74) is 6.01. The molecule has 0 saturated carbocycles. The van der Waals surface area contributed by atoms with Gasteiger partial charge < -0.3 is 10.9 Å². The lowest BCUT2D eigenvalue weighted by Gasteiger charge is -2.07. The molecule has 0 atom stereocenters. The van der Waals surface area contributed by atoms with Gasteiger partial charge in [0, 0.05) is 21.1 Å². The number of benzene rings is 1. The van der Waals surface area contributed by atoms with Crippen molar-refractivity contribution in [2.24, 2.45) is 10.9 Å². The number of hydrogen-bond acceptors (Lipinski definition) is 4. The highest BCUT2D eigenvalue weighted by Crippen LogP contribution is 2.34. The van der Waals surface area contributed by atoms with Crippen LogP contribution in [0, 0.1) is 0 Å². The molecule has 0 spiro atoms. The standard InChI is InChI=1S/C12H9BrClN3OS/c13-7-2-1-3-8(6-7)19-12-10(14)9(4-5-16-12)11(15)17-18/h1-6,18H,(H2,15,17). The lowest BCUT2D eigenvalue weighted by Crippen LogP contribution is -2.14. The van der Waals surface area contributed by atoms with Gasteiger partial charge in [0.15, 0.2) is 5.84 Å². The van der Waals surface area contributed by atoms with E-state index in [2.05, 4.69) is 26.1 Å². The number of pyridine rings is 1. The van der Waals surface area contributed by atoms with Gasteiger partial charge in [-0.2, -0.15) is 0 Å². The third kappa shape index (κ3) is 3.40. The van der Waals surface area contributed by atoms with Gasteiger partial charge in [-0.05, 0) is 24.3 Å². The third-order valence-corrected chi connectivity index (χ3v) is 4.23. The predicted molar refractivity (Wildman–Crippen MR) is 80.0 cm³/mol. The van der Waals surface area contributed by atoms with Gasteiger partial charge >= 0.3 is 0 Å². The summed E-state index contributed by atoms with van der Waals surface area (Å²) in [6.07, 6.45) is 1.57. The monoisotopic (exact) mass is 357 g/mol. The Kier molecular flexibility index (Phi) is 4.68. The Hall–Kier alpha value is -1.24. The molecule has 1 aromatic carbocycles. The van der Waals surface area contributed by atoms with Crippen LogP contribution in [0.15, 0.2) is 56.1 Å². The van der Waals surface area contributed by atoms with Gasteiger partial charge in [0.2, 0.25) is 0 Å². The van der Waals surface area contributed by atoms with E-state index in [4.69, 9.17) is 22.5 Å². The van der Waals surface area contributed by atoms with E-state index in [0.717, 1.165) is 9.37 Å². The highest BCUT2D eigenvalue weighted by atomic mass is 79.9. The highest BCUT2D eigenvalue weighted by Gasteiger charge is 2.12. The molecular weight excluding hydrogens is 350 g/mol. The molecule has 98 valence electrons. The lowest BCUT2D eigenvalue weighted by atomic mass is 10.2. The molecule has 1 aromatic heterocycles. The van der Waals surface area contributed by atoms with Gasteiger partial charge in [-0.15, -0.1) is 0 Å². The number of amidine groups is 1. The van der Waals surface area contributed by atoms with Gasteiger partial charge in [0.1, 0.15) is 5.03 Å². The minimum atomic E-state index is -0.0384. The summed E-state index contributed by atoms with van der Waals surface area (Å²) in [6, 6.07) is 9.37. The first-order chi connectivity index (χ1) is 9.11. The molecule has 0 radical (unpaired) electrons. The number of nitrogens with two attached hydrogens (primary N) is 1. The molecule has 0 unspecified atom stereocenters. The van der Waals surface area contributed by atoms with Crippen molar-refractivity contribution in [1.82, 2.24) is 4.98 Å². The number of rotatable bonds is 3. The Morgan fingerprint density at radius 2 is 2.21 bits per heavy atom. The van der Waals surface area contributed by atoms with E-state index < -0.39 is 0 Å². The van der Waals surface area contributed by atoms with Crippen LogP contribution in [0.1, 0.15) is 5.56 Å². The van der Waals surface area contributed by atoms with Crippen LogP contribution in [0.5, 0.6) is 0 Å². The van der Waals surface area contributed by atoms with E-state index in [-0.39, 0.29) is 5.84 Å². The van der Waals surface area contributed by atoms with Crippen LogP contribution in [-0.2, 0) is 0 Å². The zero-order chi connectivity index (χ0) is 13.8. The Morgan fingerprint density at radius 3 is 2.89 bits per heavy atom. The SMILES string of the molecule is N/C(=N/O)c1ccnc(Sc2cccc(Br)c2)c1Cl. The van der Waals surface area contributed by atoms with Crippen LogP contribution < -0.4 is 5.73 Å². The maximum absolute atomic E-state index is 8.70. The van der Waals surface area contributed by atoms with Crippen molar-refractivity contribution in [3.63, 3.8) is 0 Å². The van der Waals surface area contributed by atoms with Crippen molar-refractivity contribution >= 4 is 45.1 Å². The molecule has 2 aromatic rings. The number of oxime groups is 1. The van der Waals surface area contributed by atoms with Crippen LogP contribution in [0.2, 0.25) is 5.02 Å². The van der Waals surface area contributed by atoms with Gasteiger partial charge in [0.25, 0.3) is 0 Å². The molecule has 4 nitrogen and oxygen atoms in total. The maximum Gasteiger partial charge on any atom is 0.171 e. The molecule has 0 amide bonds. The Balaban J connectivity index is 2.36. The average Bonchev–Trinajstić information content (AvgIpc) is 2.40.